The number of benzene rings is 1. The number of primary amides is 1. The van der Waals surface area contributed by atoms with Crippen LogP contribution in [0.5, 0.6) is 0 Å². The summed E-state index contributed by atoms with van der Waals surface area (Å²) in [6, 6.07) is 1.45. The van der Waals surface area contributed by atoms with Crippen molar-refractivity contribution in [2.45, 2.75) is 20.8 Å². The normalized spacial score (nSPS) is 9.13. The summed E-state index contributed by atoms with van der Waals surface area (Å²) < 4.78 is 13.5. The summed E-state index contributed by atoms with van der Waals surface area (Å²) in [7, 11) is 0. The number of halogens is 2. The number of amides is 1. The van der Waals surface area contributed by atoms with Gasteiger partial charge >= 0.3 is 0 Å². The van der Waals surface area contributed by atoms with E-state index in [9.17, 15) is 9.18 Å². The first-order chi connectivity index (χ1) is 6.95. The van der Waals surface area contributed by atoms with Gasteiger partial charge in [-0.3, -0.25) is 4.79 Å². The number of hydrogen-bond acceptors (Lipinski definition) is 2. The maximum atomic E-state index is 13.2. The molecule has 1 amide bonds. The van der Waals surface area contributed by atoms with Crippen LogP contribution in [0.3, 0.4) is 0 Å². The minimum Gasteiger partial charge on any atom is -0.396 e. The van der Waals surface area contributed by atoms with Crippen LogP contribution in [0.15, 0.2) is 10.5 Å². The van der Waals surface area contributed by atoms with E-state index in [1.807, 2.05) is 13.8 Å². The average Bonchev–Trinajstić information content (AvgIpc) is 2.23. The SMILES string of the molecule is CC.Cc1cc(C(N)=O)c(N)c(F)c1Br. The summed E-state index contributed by atoms with van der Waals surface area (Å²) in [5, 5.41) is 0. The van der Waals surface area contributed by atoms with E-state index in [-0.39, 0.29) is 15.7 Å². The highest BCUT2D eigenvalue weighted by atomic mass is 79.9. The van der Waals surface area contributed by atoms with Crippen molar-refractivity contribution in [1.82, 2.24) is 0 Å². The van der Waals surface area contributed by atoms with Gasteiger partial charge in [-0.25, -0.2) is 4.39 Å². The van der Waals surface area contributed by atoms with Crippen molar-refractivity contribution < 1.29 is 9.18 Å². The molecule has 0 fully saturated rings. The largest absolute Gasteiger partial charge is 0.396 e. The highest BCUT2D eigenvalue weighted by molar-refractivity contribution is 9.10. The lowest BCUT2D eigenvalue weighted by Crippen LogP contribution is -2.15. The van der Waals surface area contributed by atoms with Gasteiger partial charge in [0.1, 0.15) is 0 Å². The molecule has 0 aliphatic rings. The zero-order valence-corrected chi connectivity index (χ0v) is 10.5. The van der Waals surface area contributed by atoms with Gasteiger partial charge in [-0.2, -0.15) is 0 Å². The third-order valence-corrected chi connectivity index (χ3v) is 2.67. The maximum absolute atomic E-state index is 13.2. The molecule has 3 nitrogen and oxygen atoms in total. The summed E-state index contributed by atoms with van der Waals surface area (Å²) in [5.74, 6) is -1.37. The fourth-order valence-corrected chi connectivity index (χ4v) is 1.30. The molecule has 84 valence electrons. The molecule has 1 rings (SSSR count). The molecule has 0 bridgehead atoms. The molecule has 0 radical (unpaired) electrons. The molecule has 0 heterocycles. The molecule has 0 atom stereocenters. The molecule has 0 spiro atoms. The summed E-state index contributed by atoms with van der Waals surface area (Å²) in [6.45, 7) is 5.65. The van der Waals surface area contributed by atoms with Crippen molar-refractivity contribution in [2.75, 3.05) is 5.73 Å². The topological polar surface area (TPSA) is 69.1 Å². The first-order valence-electron chi connectivity index (χ1n) is 4.49. The zero-order valence-electron chi connectivity index (χ0n) is 8.90. The van der Waals surface area contributed by atoms with Gasteiger partial charge in [0.2, 0.25) is 0 Å². The average molecular weight is 277 g/mol. The van der Waals surface area contributed by atoms with E-state index in [0.29, 0.717) is 5.56 Å². The van der Waals surface area contributed by atoms with E-state index in [4.69, 9.17) is 11.5 Å². The lowest BCUT2D eigenvalue weighted by molar-refractivity contribution is 0.100. The van der Waals surface area contributed by atoms with Crippen LogP contribution in [0.4, 0.5) is 10.1 Å². The summed E-state index contributed by atoms with van der Waals surface area (Å²) in [6.07, 6.45) is 0. The highest BCUT2D eigenvalue weighted by Gasteiger charge is 2.15. The monoisotopic (exact) mass is 276 g/mol. The van der Waals surface area contributed by atoms with E-state index in [0.717, 1.165) is 0 Å². The van der Waals surface area contributed by atoms with Gasteiger partial charge in [0, 0.05) is 0 Å². The van der Waals surface area contributed by atoms with E-state index >= 15 is 0 Å². The Hall–Kier alpha value is -1.10. The first kappa shape index (κ1) is 13.9. The van der Waals surface area contributed by atoms with Crippen molar-refractivity contribution in [1.29, 1.82) is 0 Å². The van der Waals surface area contributed by atoms with Gasteiger partial charge in [0.15, 0.2) is 5.82 Å². The Bertz CT molecular complexity index is 380. The molecule has 0 unspecified atom stereocenters. The molecule has 0 aromatic heterocycles. The van der Waals surface area contributed by atoms with Crippen molar-refractivity contribution in [3.05, 3.63) is 27.5 Å². The lowest BCUT2D eigenvalue weighted by atomic mass is 10.1. The smallest absolute Gasteiger partial charge is 0.250 e. The fraction of sp³-hybridized carbons (Fsp3) is 0.300. The Morgan fingerprint density at radius 2 is 1.93 bits per heavy atom. The number of carbonyl (C=O) groups excluding carboxylic acids is 1. The van der Waals surface area contributed by atoms with Crippen molar-refractivity contribution in [3.8, 4) is 0 Å². The van der Waals surface area contributed by atoms with E-state index in [1.54, 1.807) is 6.92 Å². The van der Waals surface area contributed by atoms with Crippen molar-refractivity contribution in [3.63, 3.8) is 0 Å². The maximum Gasteiger partial charge on any atom is 0.250 e. The van der Waals surface area contributed by atoms with Gasteiger partial charge in [-0.05, 0) is 34.5 Å². The number of nitrogens with two attached hydrogens (primary N) is 2. The molecule has 1 aromatic carbocycles. The van der Waals surface area contributed by atoms with Crippen molar-refractivity contribution in [2.24, 2.45) is 5.73 Å². The molecule has 15 heavy (non-hydrogen) atoms. The van der Waals surface area contributed by atoms with Gasteiger partial charge in [-0.15, -0.1) is 0 Å². The number of anilines is 1. The van der Waals surface area contributed by atoms with Gasteiger partial charge in [0.25, 0.3) is 5.91 Å². The molecular weight excluding hydrogens is 263 g/mol. The van der Waals surface area contributed by atoms with Crippen molar-refractivity contribution >= 4 is 27.5 Å². The number of hydrogen-bond donors (Lipinski definition) is 2. The van der Waals surface area contributed by atoms with Crippen LogP contribution in [0.25, 0.3) is 0 Å². The van der Waals surface area contributed by atoms with Crippen LogP contribution >= 0.6 is 15.9 Å². The van der Waals surface area contributed by atoms with Crippen LogP contribution in [-0.4, -0.2) is 5.91 Å². The molecule has 0 saturated carbocycles. The molecule has 5 heteroatoms. The van der Waals surface area contributed by atoms with Gasteiger partial charge in [-0.1, -0.05) is 13.8 Å². The predicted octanol–water partition coefficient (Wildman–Crippen LogP) is 2.60. The Kier molecular flexibility index (Phi) is 5.28. The Morgan fingerprint density at radius 3 is 2.33 bits per heavy atom. The van der Waals surface area contributed by atoms with Gasteiger partial charge < -0.3 is 11.5 Å². The van der Waals surface area contributed by atoms with Crippen LogP contribution in [0.2, 0.25) is 0 Å². The number of nitrogen functional groups attached to an aromatic ring is 1. The Morgan fingerprint density at radius 1 is 1.47 bits per heavy atom. The molecular formula is C10H14BrFN2O. The second-order valence-corrected chi connectivity index (χ2v) is 3.44. The van der Waals surface area contributed by atoms with Crippen LogP contribution in [0.1, 0.15) is 29.8 Å². The van der Waals surface area contributed by atoms with E-state index in [2.05, 4.69) is 15.9 Å². The Labute approximate surface area is 96.8 Å². The van der Waals surface area contributed by atoms with E-state index < -0.39 is 11.7 Å². The third-order valence-electron chi connectivity index (χ3n) is 1.69. The van der Waals surface area contributed by atoms with Crippen LogP contribution in [-0.2, 0) is 0 Å². The number of aryl methyl sites for hydroxylation is 1. The summed E-state index contributed by atoms with van der Waals surface area (Å²) >= 11 is 3.01. The molecule has 4 N–H and O–H groups in total. The van der Waals surface area contributed by atoms with Crippen LogP contribution < -0.4 is 11.5 Å². The predicted molar refractivity (Wildman–Crippen MR) is 63.1 cm³/mol. The quantitative estimate of drug-likeness (QED) is 0.775. The number of rotatable bonds is 1. The van der Waals surface area contributed by atoms with E-state index in [1.165, 1.54) is 6.07 Å². The fourth-order valence-electron chi connectivity index (χ4n) is 0.971. The van der Waals surface area contributed by atoms with Crippen LogP contribution in [0, 0.1) is 12.7 Å². The second-order valence-electron chi connectivity index (χ2n) is 2.65. The molecule has 0 aliphatic carbocycles. The molecule has 0 saturated heterocycles. The lowest BCUT2D eigenvalue weighted by Gasteiger charge is -2.07. The highest BCUT2D eigenvalue weighted by Crippen LogP contribution is 2.27. The second kappa shape index (κ2) is 5.70. The standard InChI is InChI=1S/C8H8BrFN2O.C2H6/c1-3-2-4(8(12)13)7(11)6(10)5(3)9;1-2/h2H,11H2,1H3,(H2,12,13);1-2H3. The molecule has 1 aromatic rings. The summed E-state index contributed by atoms with van der Waals surface area (Å²) in [4.78, 5) is 10.8. The number of carbonyl (C=O) groups is 1. The zero-order chi connectivity index (χ0) is 12.2. The minimum atomic E-state index is -0.730. The Balaban J connectivity index is 0.000000921. The summed E-state index contributed by atoms with van der Waals surface area (Å²) in [5.41, 5.74) is 10.7. The first-order valence-corrected chi connectivity index (χ1v) is 5.28. The molecule has 0 aliphatic heterocycles. The van der Waals surface area contributed by atoms with Gasteiger partial charge in [0.05, 0.1) is 15.7 Å². The third kappa shape index (κ3) is 2.92. The minimum absolute atomic E-state index is 0.0122.